The van der Waals surface area contributed by atoms with Crippen LogP contribution in [-0.2, 0) is 14.8 Å². The first-order valence-electron chi connectivity index (χ1n) is 7.45. The number of nitrogens with two attached hydrogens (primary N) is 1. The van der Waals surface area contributed by atoms with Gasteiger partial charge in [-0.2, -0.15) is 0 Å². The molecule has 3 N–H and O–H groups in total. The molecule has 0 radical (unpaired) electrons. The number of sulfonamides is 1. The molecule has 0 fully saturated rings. The molecule has 0 spiro atoms. The molecular formula is C17H17N3O5S. The van der Waals surface area contributed by atoms with Gasteiger partial charge in [0.15, 0.2) is 0 Å². The number of nitro benzene ring substituents is 1. The molecule has 9 heteroatoms. The molecule has 0 heterocycles. The van der Waals surface area contributed by atoms with Crippen molar-refractivity contribution in [3.63, 3.8) is 0 Å². The Balaban J connectivity index is 2.19. The second-order valence-electron chi connectivity index (χ2n) is 5.63. The summed E-state index contributed by atoms with van der Waals surface area (Å²) in [5, 5.41) is 18.4. The molecule has 8 nitrogen and oxygen atoms in total. The van der Waals surface area contributed by atoms with Crippen molar-refractivity contribution in [2.75, 3.05) is 5.32 Å². The molecule has 0 aliphatic heterocycles. The van der Waals surface area contributed by atoms with Gasteiger partial charge in [0, 0.05) is 23.9 Å². The molecule has 2 rings (SSSR count). The van der Waals surface area contributed by atoms with Crippen molar-refractivity contribution in [3.8, 4) is 0 Å². The summed E-state index contributed by atoms with van der Waals surface area (Å²) in [7, 11) is -3.89. The highest BCUT2D eigenvalue weighted by atomic mass is 32.2. The van der Waals surface area contributed by atoms with Crippen molar-refractivity contribution in [2.45, 2.75) is 18.7 Å². The Morgan fingerprint density at radius 2 is 1.81 bits per heavy atom. The standard InChI is InChI=1S/C17H17N3O5S/c1-11-9-15(26(18,24)25)10-16(12(11)2)19-17(21)8-5-13-3-6-14(7-4-13)20(22)23/h3-10H,1-2H3,(H,19,21)(H2,18,24,25)/b8-5+. The summed E-state index contributed by atoms with van der Waals surface area (Å²) in [5.74, 6) is -0.475. The van der Waals surface area contributed by atoms with Gasteiger partial charge in [-0.15, -0.1) is 0 Å². The zero-order valence-corrected chi connectivity index (χ0v) is 14.9. The SMILES string of the molecule is Cc1cc(S(N)(=O)=O)cc(NC(=O)/C=C/c2ccc([N+](=O)[O-])cc2)c1C. The van der Waals surface area contributed by atoms with Crippen LogP contribution in [0.5, 0.6) is 0 Å². The van der Waals surface area contributed by atoms with Crippen LogP contribution in [-0.4, -0.2) is 19.2 Å². The fourth-order valence-corrected chi connectivity index (χ4v) is 2.80. The average molecular weight is 375 g/mol. The maximum atomic E-state index is 12.1. The Morgan fingerprint density at radius 1 is 1.19 bits per heavy atom. The van der Waals surface area contributed by atoms with Crippen LogP contribution < -0.4 is 10.5 Å². The van der Waals surface area contributed by atoms with E-state index in [9.17, 15) is 23.3 Å². The minimum atomic E-state index is -3.89. The zero-order valence-electron chi connectivity index (χ0n) is 14.1. The first-order chi connectivity index (χ1) is 12.1. The van der Waals surface area contributed by atoms with Gasteiger partial charge in [0.05, 0.1) is 9.82 Å². The number of primary sulfonamides is 1. The lowest BCUT2D eigenvalue weighted by molar-refractivity contribution is -0.384. The van der Waals surface area contributed by atoms with Crippen LogP contribution in [0.4, 0.5) is 11.4 Å². The van der Waals surface area contributed by atoms with E-state index in [1.807, 2.05) is 0 Å². The maximum Gasteiger partial charge on any atom is 0.269 e. The summed E-state index contributed by atoms with van der Waals surface area (Å²) in [4.78, 5) is 22.1. The molecule has 0 aliphatic carbocycles. The topological polar surface area (TPSA) is 132 Å². The molecular weight excluding hydrogens is 358 g/mol. The average Bonchev–Trinajstić information content (AvgIpc) is 2.56. The van der Waals surface area contributed by atoms with Crippen LogP contribution in [0, 0.1) is 24.0 Å². The number of hydrogen-bond acceptors (Lipinski definition) is 5. The van der Waals surface area contributed by atoms with Crippen LogP contribution in [0.1, 0.15) is 16.7 Å². The van der Waals surface area contributed by atoms with Gasteiger partial charge in [-0.25, -0.2) is 13.6 Å². The Morgan fingerprint density at radius 3 is 2.35 bits per heavy atom. The van der Waals surface area contributed by atoms with E-state index in [1.165, 1.54) is 48.6 Å². The molecule has 0 bridgehead atoms. The van der Waals surface area contributed by atoms with E-state index in [4.69, 9.17) is 5.14 Å². The fraction of sp³-hybridized carbons (Fsp3) is 0.118. The summed E-state index contributed by atoms with van der Waals surface area (Å²) in [6.45, 7) is 3.46. The number of non-ortho nitro benzene ring substituents is 1. The lowest BCUT2D eigenvalue weighted by atomic mass is 10.1. The van der Waals surface area contributed by atoms with E-state index in [-0.39, 0.29) is 10.6 Å². The van der Waals surface area contributed by atoms with Gasteiger partial charge in [0.1, 0.15) is 0 Å². The summed E-state index contributed by atoms with van der Waals surface area (Å²) < 4.78 is 23.0. The molecule has 2 aromatic carbocycles. The fourth-order valence-electron chi connectivity index (χ4n) is 2.17. The number of benzene rings is 2. The van der Waals surface area contributed by atoms with Gasteiger partial charge in [-0.1, -0.05) is 0 Å². The molecule has 0 saturated carbocycles. The van der Waals surface area contributed by atoms with Gasteiger partial charge < -0.3 is 5.32 Å². The Hall–Kier alpha value is -3.04. The number of carbonyl (C=O) groups excluding carboxylic acids is 1. The number of aryl methyl sites for hydroxylation is 1. The molecule has 0 aromatic heterocycles. The van der Waals surface area contributed by atoms with E-state index in [1.54, 1.807) is 13.8 Å². The number of hydrogen-bond donors (Lipinski definition) is 2. The van der Waals surface area contributed by atoms with Crippen molar-refractivity contribution < 1.29 is 18.1 Å². The van der Waals surface area contributed by atoms with Crippen LogP contribution in [0.25, 0.3) is 6.08 Å². The van der Waals surface area contributed by atoms with E-state index < -0.39 is 20.9 Å². The molecule has 0 saturated heterocycles. The van der Waals surface area contributed by atoms with Crippen LogP contribution in [0.2, 0.25) is 0 Å². The van der Waals surface area contributed by atoms with Gasteiger partial charge in [0.2, 0.25) is 15.9 Å². The van der Waals surface area contributed by atoms with E-state index in [0.29, 0.717) is 16.8 Å². The highest BCUT2D eigenvalue weighted by Crippen LogP contribution is 2.23. The van der Waals surface area contributed by atoms with Crippen molar-refractivity contribution in [1.82, 2.24) is 0 Å². The Bertz CT molecular complexity index is 996. The highest BCUT2D eigenvalue weighted by molar-refractivity contribution is 7.89. The van der Waals surface area contributed by atoms with Gasteiger partial charge in [-0.3, -0.25) is 14.9 Å². The quantitative estimate of drug-likeness (QED) is 0.471. The van der Waals surface area contributed by atoms with Crippen LogP contribution >= 0.6 is 0 Å². The second-order valence-corrected chi connectivity index (χ2v) is 7.19. The molecule has 0 atom stereocenters. The summed E-state index contributed by atoms with van der Waals surface area (Å²) in [6.07, 6.45) is 2.74. The van der Waals surface area contributed by atoms with Crippen LogP contribution in [0.15, 0.2) is 47.4 Å². The number of anilines is 1. The lowest BCUT2D eigenvalue weighted by Gasteiger charge is -2.11. The summed E-state index contributed by atoms with van der Waals surface area (Å²) >= 11 is 0. The van der Waals surface area contributed by atoms with Gasteiger partial charge >= 0.3 is 0 Å². The number of nitrogens with zero attached hydrogens (tertiary/aromatic N) is 1. The van der Waals surface area contributed by atoms with Gasteiger partial charge in [0.25, 0.3) is 5.69 Å². The first kappa shape index (κ1) is 19.3. The van der Waals surface area contributed by atoms with Gasteiger partial charge in [-0.05, 0) is 60.9 Å². The largest absolute Gasteiger partial charge is 0.322 e. The van der Waals surface area contributed by atoms with Crippen molar-refractivity contribution in [2.24, 2.45) is 5.14 Å². The third-order valence-electron chi connectivity index (χ3n) is 3.76. The molecule has 136 valence electrons. The lowest BCUT2D eigenvalue weighted by Crippen LogP contribution is -2.15. The van der Waals surface area contributed by atoms with Crippen molar-refractivity contribution in [1.29, 1.82) is 0 Å². The minimum Gasteiger partial charge on any atom is -0.322 e. The van der Waals surface area contributed by atoms with E-state index in [2.05, 4.69) is 5.32 Å². The number of amides is 1. The monoisotopic (exact) mass is 375 g/mol. The number of nitrogens with one attached hydrogen (secondary N) is 1. The first-order valence-corrected chi connectivity index (χ1v) is 9.00. The molecule has 26 heavy (non-hydrogen) atoms. The normalized spacial score (nSPS) is 11.5. The second kappa shape index (κ2) is 7.46. The predicted octanol–water partition coefficient (Wildman–Crippen LogP) is 2.51. The minimum absolute atomic E-state index is 0.0440. The number of rotatable bonds is 5. The van der Waals surface area contributed by atoms with Crippen molar-refractivity contribution >= 4 is 33.4 Å². The highest BCUT2D eigenvalue weighted by Gasteiger charge is 2.13. The zero-order chi connectivity index (χ0) is 19.5. The molecule has 0 aliphatic rings. The molecule has 1 amide bonds. The maximum absolute atomic E-state index is 12.1. The Labute approximate surface area is 150 Å². The predicted molar refractivity (Wildman–Crippen MR) is 98.0 cm³/mol. The van der Waals surface area contributed by atoms with Crippen molar-refractivity contribution in [3.05, 3.63) is 69.3 Å². The molecule has 0 unspecified atom stereocenters. The summed E-state index contributed by atoms with van der Waals surface area (Å²) in [5.41, 5.74) is 2.29. The van der Waals surface area contributed by atoms with Crippen LogP contribution in [0.3, 0.4) is 0 Å². The number of carbonyl (C=O) groups is 1. The molecule has 2 aromatic rings. The third-order valence-corrected chi connectivity index (χ3v) is 4.65. The third kappa shape index (κ3) is 4.74. The smallest absolute Gasteiger partial charge is 0.269 e. The van der Waals surface area contributed by atoms with E-state index in [0.717, 1.165) is 5.56 Å². The number of nitro groups is 1. The van der Waals surface area contributed by atoms with E-state index >= 15 is 0 Å². The summed E-state index contributed by atoms with van der Waals surface area (Å²) in [6, 6.07) is 8.43. The Kier molecular flexibility index (Phi) is 5.53.